The molecule has 132 valence electrons. The number of nitrogens with one attached hydrogen (secondary N) is 1. The van der Waals surface area contributed by atoms with E-state index in [2.05, 4.69) is 4.98 Å². The highest BCUT2D eigenvalue weighted by Gasteiger charge is 2.32. The van der Waals surface area contributed by atoms with Crippen molar-refractivity contribution >= 4 is 29.2 Å². The van der Waals surface area contributed by atoms with Crippen molar-refractivity contribution in [3.63, 3.8) is 0 Å². The molecule has 1 heterocycles. The van der Waals surface area contributed by atoms with Crippen LogP contribution >= 0.6 is 12.4 Å². The van der Waals surface area contributed by atoms with Crippen molar-refractivity contribution in [3.8, 4) is 0 Å². The van der Waals surface area contributed by atoms with Gasteiger partial charge in [0.2, 0.25) is 0 Å². The molecular weight excluding hydrogens is 343 g/mol. The summed E-state index contributed by atoms with van der Waals surface area (Å²) >= 11 is 0. The Hall–Kier alpha value is -1.73. The Morgan fingerprint density at radius 1 is 1.17 bits per heavy atom. The van der Waals surface area contributed by atoms with E-state index in [4.69, 9.17) is 11.5 Å². The maximum Gasteiger partial charge on any atom is 0.253 e. The molecule has 1 aromatic carbocycles. The molecule has 0 spiro atoms. The number of fused-ring (bicyclic) bond motifs is 1. The summed E-state index contributed by atoms with van der Waals surface area (Å²) in [6, 6.07) is -0.134. The van der Waals surface area contributed by atoms with Crippen LogP contribution in [0.5, 0.6) is 0 Å². The highest BCUT2D eigenvalue weighted by atomic mass is 35.5. The monoisotopic (exact) mass is 361 g/mol. The van der Waals surface area contributed by atoms with Gasteiger partial charge in [-0.05, 0) is 32.1 Å². The molecule has 1 fully saturated rings. The molecule has 2 atom stereocenters. The molecule has 8 heteroatoms. The second-order valence-corrected chi connectivity index (χ2v) is 6.22. The topological polar surface area (TPSA) is 84.9 Å². The molecule has 3 rings (SSSR count). The van der Waals surface area contributed by atoms with Crippen LogP contribution in [0.1, 0.15) is 53.2 Å². The minimum atomic E-state index is -1.33. The number of rotatable bonds is 2. The third kappa shape index (κ3) is 2.75. The molecular formula is C16H19ClF3N3O. The van der Waals surface area contributed by atoms with Gasteiger partial charge in [-0.2, -0.15) is 0 Å². The van der Waals surface area contributed by atoms with Crippen molar-refractivity contribution in [3.05, 3.63) is 34.3 Å². The lowest BCUT2D eigenvalue weighted by molar-refractivity contribution is 0.0997. The SMILES string of the molecule is Cc1[nH]c2c(C(N)=O)c(F)c(F)c(C3CCCC(N)C3)c2c1F.Cl. The van der Waals surface area contributed by atoms with Gasteiger partial charge in [0.1, 0.15) is 5.56 Å². The van der Waals surface area contributed by atoms with Crippen molar-refractivity contribution < 1.29 is 18.0 Å². The van der Waals surface area contributed by atoms with Crippen molar-refractivity contribution in [2.24, 2.45) is 11.5 Å². The highest BCUT2D eigenvalue weighted by molar-refractivity contribution is 6.06. The maximum absolute atomic E-state index is 14.6. The first-order valence-electron chi connectivity index (χ1n) is 7.56. The van der Waals surface area contributed by atoms with Crippen molar-refractivity contribution in [1.82, 2.24) is 4.98 Å². The van der Waals surface area contributed by atoms with E-state index in [1.807, 2.05) is 0 Å². The summed E-state index contributed by atoms with van der Waals surface area (Å²) in [7, 11) is 0. The van der Waals surface area contributed by atoms with Gasteiger partial charge < -0.3 is 16.5 Å². The fraction of sp³-hybridized carbons (Fsp3) is 0.438. The lowest BCUT2D eigenvalue weighted by Gasteiger charge is -2.28. The van der Waals surface area contributed by atoms with Gasteiger partial charge in [-0.25, -0.2) is 13.2 Å². The number of hydrogen-bond donors (Lipinski definition) is 3. The standard InChI is InChI=1S/C16H18F3N3O.ClH/c1-6-12(17)10-9(7-3-2-4-8(20)5-7)13(18)14(19)11(16(21)23)15(10)22-6;/h7-8,22H,2-5,20H2,1H3,(H2,21,23);1H. The molecule has 0 bridgehead atoms. The number of aromatic amines is 1. The number of primary amides is 1. The summed E-state index contributed by atoms with van der Waals surface area (Å²) < 4.78 is 43.6. The fourth-order valence-corrected chi connectivity index (χ4v) is 3.59. The number of aryl methyl sites for hydroxylation is 1. The molecule has 0 saturated heterocycles. The van der Waals surface area contributed by atoms with Crippen LogP contribution in [0, 0.1) is 24.4 Å². The summed E-state index contributed by atoms with van der Waals surface area (Å²) in [6.07, 6.45) is 2.61. The molecule has 4 nitrogen and oxygen atoms in total. The Kier molecular flexibility index (Phi) is 5.15. The van der Waals surface area contributed by atoms with E-state index < -0.39 is 28.9 Å². The number of aromatic nitrogens is 1. The van der Waals surface area contributed by atoms with Gasteiger partial charge in [0.25, 0.3) is 5.91 Å². The first-order chi connectivity index (χ1) is 10.8. The summed E-state index contributed by atoms with van der Waals surface area (Å²) in [6.45, 7) is 1.44. The van der Waals surface area contributed by atoms with Crippen LogP contribution in [0.2, 0.25) is 0 Å². The van der Waals surface area contributed by atoms with Gasteiger partial charge >= 0.3 is 0 Å². The highest BCUT2D eigenvalue weighted by Crippen LogP contribution is 2.41. The van der Waals surface area contributed by atoms with Gasteiger partial charge in [0, 0.05) is 22.7 Å². The predicted molar refractivity (Wildman–Crippen MR) is 87.9 cm³/mol. The fourth-order valence-electron chi connectivity index (χ4n) is 3.59. The molecule has 5 N–H and O–H groups in total. The molecule has 24 heavy (non-hydrogen) atoms. The van der Waals surface area contributed by atoms with E-state index in [-0.39, 0.29) is 46.5 Å². The van der Waals surface area contributed by atoms with Crippen LogP contribution in [-0.2, 0) is 0 Å². The normalized spacial score (nSPS) is 20.9. The Balaban J connectivity index is 0.00000208. The molecule has 1 amide bonds. The average molecular weight is 362 g/mol. The number of H-pyrrole nitrogens is 1. The lowest BCUT2D eigenvalue weighted by atomic mass is 9.79. The summed E-state index contributed by atoms with van der Waals surface area (Å²) in [5, 5.41) is -0.0886. The smallest absolute Gasteiger partial charge is 0.253 e. The van der Waals surface area contributed by atoms with E-state index >= 15 is 0 Å². The molecule has 1 saturated carbocycles. The minimum absolute atomic E-state index is 0. The van der Waals surface area contributed by atoms with Gasteiger partial charge in [-0.1, -0.05) is 6.42 Å². The number of hydrogen-bond acceptors (Lipinski definition) is 2. The van der Waals surface area contributed by atoms with Gasteiger partial charge in [0.15, 0.2) is 17.5 Å². The van der Waals surface area contributed by atoms with Crippen molar-refractivity contribution in [2.45, 2.75) is 44.6 Å². The lowest BCUT2D eigenvalue weighted by Crippen LogP contribution is -2.28. The Morgan fingerprint density at radius 2 is 1.83 bits per heavy atom. The second-order valence-electron chi connectivity index (χ2n) is 6.22. The number of halogens is 4. The van der Waals surface area contributed by atoms with Crippen LogP contribution in [0.25, 0.3) is 10.9 Å². The molecule has 2 unspecified atom stereocenters. The molecule has 0 aliphatic heterocycles. The number of nitrogens with two attached hydrogens (primary N) is 2. The van der Waals surface area contributed by atoms with E-state index in [0.29, 0.717) is 12.8 Å². The summed E-state index contributed by atoms with van der Waals surface area (Å²) in [4.78, 5) is 14.1. The number of amides is 1. The van der Waals surface area contributed by atoms with Gasteiger partial charge in [0.05, 0.1) is 5.52 Å². The zero-order valence-corrected chi connectivity index (χ0v) is 13.9. The molecule has 1 aliphatic rings. The Morgan fingerprint density at radius 3 is 2.42 bits per heavy atom. The summed E-state index contributed by atoms with van der Waals surface area (Å²) in [5.41, 5.74) is 10.4. The molecule has 2 aromatic rings. The largest absolute Gasteiger partial charge is 0.365 e. The second kappa shape index (κ2) is 6.64. The quantitative estimate of drug-likeness (QED) is 0.765. The van der Waals surface area contributed by atoms with E-state index in [9.17, 15) is 18.0 Å². The van der Waals surface area contributed by atoms with E-state index in [0.717, 1.165) is 12.8 Å². The average Bonchev–Trinajstić information content (AvgIpc) is 2.76. The third-order valence-corrected chi connectivity index (χ3v) is 4.65. The first-order valence-corrected chi connectivity index (χ1v) is 7.56. The Bertz CT molecular complexity index is 806. The minimum Gasteiger partial charge on any atom is -0.365 e. The van der Waals surface area contributed by atoms with Crippen LogP contribution in [-0.4, -0.2) is 16.9 Å². The van der Waals surface area contributed by atoms with Crippen LogP contribution < -0.4 is 11.5 Å². The number of benzene rings is 1. The molecule has 0 radical (unpaired) electrons. The van der Waals surface area contributed by atoms with Crippen molar-refractivity contribution in [2.75, 3.05) is 0 Å². The maximum atomic E-state index is 14.6. The molecule has 1 aromatic heterocycles. The zero-order chi connectivity index (χ0) is 16.9. The Labute approximate surface area is 143 Å². The molecule has 1 aliphatic carbocycles. The van der Waals surface area contributed by atoms with Crippen molar-refractivity contribution in [1.29, 1.82) is 0 Å². The van der Waals surface area contributed by atoms with E-state index in [1.54, 1.807) is 0 Å². The third-order valence-electron chi connectivity index (χ3n) is 4.65. The summed E-state index contributed by atoms with van der Waals surface area (Å²) in [5.74, 6) is -4.75. The van der Waals surface area contributed by atoms with Crippen LogP contribution in [0.4, 0.5) is 13.2 Å². The number of carbonyl (C=O) groups is 1. The van der Waals surface area contributed by atoms with Gasteiger partial charge in [-0.3, -0.25) is 4.79 Å². The number of carbonyl (C=O) groups excluding carboxylic acids is 1. The van der Waals surface area contributed by atoms with Crippen LogP contribution in [0.15, 0.2) is 0 Å². The van der Waals surface area contributed by atoms with E-state index in [1.165, 1.54) is 6.92 Å². The first kappa shape index (κ1) is 18.6. The van der Waals surface area contributed by atoms with Crippen LogP contribution in [0.3, 0.4) is 0 Å². The predicted octanol–water partition coefficient (Wildman–Crippen LogP) is 3.40. The zero-order valence-electron chi connectivity index (χ0n) is 13.1. The van der Waals surface area contributed by atoms with Gasteiger partial charge in [-0.15, -0.1) is 12.4 Å².